The van der Waals surface area contributed by atoms with Gasteiger partial charge in [-0.25, -0.2) is 22.8 Å². The van der Waals surface area contributed by atoms with Crippen molar-refractivity contribution in [2.24, 2.45) is 15.8 Å². The fraction of sp³-hybridized carbons (Fsp3) is 0.591. The van der Waals surface area contributed by atoms with Gasteiger partial charge in [0.1, 0.15) is 11.3 Å². The first kappa shape index (κ1) is 24.9. The summed E-state index contributed by atoms with van der Waals surface area (Å²) >= 11 is 0. The second kappa shape index (κ2) is 7.39. The molecule has 5 rings (SSSR count). The SMILES string of the molecule is CC1(Cn2nc(C3CC3)c(C(F)(F)F)c2C(=O)N=c2ccn(O)c(S(C)(=N)=O)c2)CC(F)(F)C12CC2. The normalized spacial score (nSPS) is 26.5. The van der Waals surface area contributed by atoms with Crippen LogP contribution in [0.5, 0.6) is 0 Å². The number of alkyl halides is 5. The van der Waals surface area contributed by atoms with Crippen LogP contribution in [0.1, 0.15) is 66.7 Å². The number of halogens is 5. The Morgan fingerprint density at radius 1 is 1.33 bits per heavy atom. The van der Waals surface area contributed by atoms with E-state index in [1.54, 1.807) is 6.92 Å². The van der Waals surface area contributed by atoms with Crippen LogP contribution in [0.4, 0.5) is 22.0 Å². The highest BCUT2D eigenvalue weighted by atomic mass is 32.2. The molecule has 0 aliphatic heterocycles. The monoisotopic (exact) mass is 533 g/mol. The van der Waals surface area contributed by atoms with Crippen molar-refractivity contribution in [3.05, 3.63) is 40.6 Å². The number of nitrogens with one attached hydrogen (secondary N) is 1. The molecule has 2 N–H and O–H groups in total. The minimum absolute atomic E-state index is 0.226. The molecule has 3 aliphatic carbocycles. The first-order valence-corrected chi connectivity index (χ1v) is 13.3. The summed E-state index contributed by atoms with van der Waals surface area (Å²) in [5.41, 5.74) is -4.68. The number of pyridine rings is 1. The van der Waals surface area contributed by atoms with E-state index < -0.39 is 67.2 Å². The lowest BCUT2D eigenvalue weighted by Crippen LogP contribution is -2.59. The number of rotatable bonds is 5. The molecule has 0 bridgehead atoms. The van der Waals surface area contributed by atoms with E-state index in [0.717, 1.165) is 29.3 Å². The molecule has 2 aromatic heterocycles. The van der Waals surface area contributed by atoms with Crippen LogP contribution in [-0.2, 0) is 22.5 Å². The molecule has 36 heavy (non-hydrogen) atoms. The average molecular weight is 534 g/mol. The smallest absolute Gasteiger partial charge is 0.420 e. The molecular weight excluding hydrogens is 509 g/mol. The first-order valence-electron chi connectivity index (χ1n) is 11.3. The van der Waals surface area contributed by atoms with Crippen molar-refractivity contribution >= 4 is 15.6 Å². The molecule has 3 aliphatic rings. The Balaban J connectivity index is 1.64. The van der Waals surface area contributed by atoms with Crippen LogP contribution in [0.3, 0.4) is 0 Å². The maximum atomic E-state index is 14.3. The predicted octanol–water partition coefficient (Wildman–Crippen LogP) is 4.42. The zero-order chi connectivity index (χ0) is 26.5. The van der Waals surface area contributed by atoms with E-state index in [1.165, 1.54) is 0 Å². The second-order valence-electron chi connectivity index (χ2n) is 10.4. The number of nitrogens with zero attached hydrogens (tertiary/aromatic N) is 4. The summed E-state index contributed by atoms with van der Waals surface area (Å²) in [7, 11) is -3.46. The number of aromatic nitrogens is 3. The van der Waals surface area contributed by atoms with E-state index in [9.17, 15) is 36.2 Å². The van der Waals surface area contributed by atoms with Gasteiger partial charge in [0.2, 0.25) is 0 Å². The van der Waals surface area contributed by atoms with E-state index >= 15 is 0 Å². The minimum atomic E-state index is -4.94. The average Bonchev–Trinajstić information content (AvgIpc) is 3.63. The summed E-state index contributed by atoms with van der Waals surface area (Å²) in [4.78, 5) is 17.0. The van der Waals surface area contributed by atoms with Crippen LogP contribution in [0.15, 0.2) is 28.3 Å². The molecule has 2 atom stereocenters. The lowest BCUT2D eigenvalue weighted by atomic mass is 9.55. The zero-order valence-corrected chi connectivity index (χ0v) is 20.2. The lowest BCUT2D eigenvalue weighted by Gasteiger charge is -2.54. The van der Waals surface area contributed by atoms with Gasteiger partial charge in [0.15, 0.2) is 5.03 Å². The van der Waals surface area contributed by atoms with Crippen molar-refractivity contribution in [2.45, 2.75) is 68.6 Å². The van der Waals surface area contributed by atoms with E-state index in [2.05, 4.69) is 10.1 Å². The van der Waals surface area contributed by atoms with Crippen LogP contribution in [0, 0.1) is 15.6 Å². The van der Waals surface area contributed by atoms with Crippen LogP contribution in [-0.4, -0.2) is 42.0 Å². The maximum absolute atomic E-state index is 14.3. The highest BCUT2D eigenvalue weighted by Crippen LogP contribution is 2.78. The topological polar surface area (TPSA) is 113 Å². The van der Waals surface area contributed by atoms with E-state index in [1.807, 2.05) is 0 Å². The molecule has 0 aromatic carbocycles. The molecule has 14 heteroatoms. The largest absolute Gasteiger partial charge is 0.428 e. The summed E-state index contributed by atoms with van der Waals surface area (Å²) in [5.74, 6) is -4.69. The molecule has 3 fully saturated rings. The molecule has 2 aromatic rings. The van der Waals surface area contributed by atoms with Crippen molar-refractivity contribution in [3.8, 4) is 0 Å². The molecular formula is C22H24F5N5O3S. The van der Waals surface area contributed by atoms with Crippen LogP contribution in [0.25, 0.3) is 0 Å². The summed E-state index contributed by atoms with van der Waals surface area (Å²) in [5, 5.41) is 13.3. The quantitative estimate of drug-likeness (QED) is 0.438. The van der Waals surface area contributed by atoms with Crippen molar-refractivity contribution in [2.75, 3.05) is 6.26 Å². The minimum Gasteiger partial charge on any atom is -0.428 e. The van der Waals surface area contributed by atoms with Crippen molar-refractivity contribution in [1.29, 1.82) is 4.78 Å². The third-order valence-electron chi connectivity index (χ3n) is 7.66. The third-order valence-corrected chi connectivity index (χ3v) is 8.76. The Morgan fingerprint density at radius 2 is 1.97 bits per heavy atom. The van der Waals surface area contributed by atoms with Gasteiger partial charge in [-0.1, -0.05) is 6.92 Å². The Kier molecular flexibility index (Phi) is 5.11. The van der Waals surface area contributed by atoms with Crippen LogP contribution in [0.2, 0.25) is 0 Å². The predicted molar refractivity (Wildman–Crippen MR) is 115 cm³/mol. The molecule has 3 saturated carbocycles. The molecule has 1 spiro atoms. The van der Waals surface area contributed by atoms with Gasteiger partial charge >= 0.3 is 6.18 Å². The Bertz CT molecular complexity index is 1450. The fourth-order valence-corrected chi connectivity index (χ4v) is 6.28. The molecule has 0 radical (unpaired) electrons. The summed E-state index contributed by atoms with van der Waals surface area (Å²) in [6.45, 7) is 1.30. The first-order chi connectivity index (χ1) is 16.5. The molecule has 2 unspecified atom stereocenters. The van der Waals surface area contributed by atoms with E-state index in [-0.39, 0.29) is 30.4 Å². The van der Waals surface area contributed by atoms with Crippen LogP contribution >= 0.6 is 0 Å². The van der Waals surface area contributed by atoms with Gasteiger partial charge in [0.25, 0.3) is 11.8 Å². The van der Waals surface area contributed by atoms with E-state index in [0.29, 0.717) is 17.6 Å². The summed E-state index contributed by atoms with van der Waals surface area (Å²) < 4.78 is 92.4. The Labute approximate surface area is 202 Å². The Hall–Kier alpha value is -2.77. The van der Waals surface area contributed by atoms with Gasteiger partial charge < -0.3 is 5.21 Å². The molecule has 8 nitrogen and oxygen atoms in total. The lowest BCUT2D eigenvalue weighted by molar-refractivity contribution is -0.243. The zero-order valence-electron chi connectivity index (χ0n) is 19.4. The molecule has 1 amide bonds. The number of carbonyl (C=O) groups is 1. The van der Waals surface area contributed by atoms with Crippen molar-refractivity contribution in [1.82, 2.24) is 14.5 Å². The standard InChI is InChI=1S/C22H24F5N5O3S/c1-19(10-21(23,24)20(19)6-7-20)11-31-17(15(22(25,26)27)16(30-31)12-3-4-12)18(33)29-13-5-8-32(34)14(9-13)36(2,28)35/h5,8-9,12,28,34H,3-4,6-7,10-11H2,1-2H3. The van der Waals surface area contributed by atoms with Crippen molar-refractivity contribution in [3.63, 3.8) is 0 Å². The van der Waals surface area contributed by atoms with Crippen molar-refractivity contribution < 1.29 is 36.2 Å². The highest BCUT2D eigenvalue weighted by Gasteiger charge is 2.80. The van der Waals surface area contributed by atoms with Gasteiger partial charge in [0.05, 0.1) is 20.8 Å². The Morgan fingerprint density at radius 3 is 2.47 bits per heavy atom. The number of hydrogen-bond acceptors (Lipinski definition) is 5. The maximum Gasteiger partial charge on any atom is 0.420 e. The fourth-order valence-electron chi connectivity index (χ4n) is 5.52. The molecule has 196 valence electrons. The van der Waals surface area contributed by atoms with Gasteiger partial charge in [-0.15, -0.1) is 0 Å². The molecule has 0 saturated heterocycles. The number of hydrogen-bond donors (Lipinski definition) is 2. The van der Waals surface area contributed by atoms with Gasteiger partial charge in [0, 0.05) is 48.2 Å². The third kappa shape index (κ3) is 3.75. The second-order valence-corrected chi connectivity index (χ2v) is 12.5. The van der Waals surface area contributed by atoms with Gasteiger partial charge in [-0.3, -0.25) is 9.48 Å². The van der Waals surface area contributed by atoms with Gasteiger partial charge in [-0.05, 0) is 31.7 Å². The summed E-state index contributed by atoms with van der Waals surface area (Å²) in [6.07, 6.45) is -2.03. The summed E-state index contributed by atoms with van der Waals surface area (Å²) in [6, 6.07) is 2.07. The highest BCUT2D eigenvalue weighted by molar-refractivity contribution is 7.91. The van der Waals surface area contributed by atoms with Gasteiger partial charge in [-0.2, -0.15) is 23.0 Å². The van der Waals surface area contributed by atoms with Crippen LogP contribution < -0.4 is 5.36 Å². The van der Waals surface area contributed by atoms with E-state index in [4.69, 9.17) is 4.78 Å². The number of carbonyl (C=O) groups excluding carboxylic acids is 1. The number of amides is 1. The molecule has 2 heterocycles.